The summed E-state index contributed by atoms with van der Waals surface area (Å²) in [4.78, 5) is 31.1. The number of nitrogens with zero attached hydrogens (tertiary/aromatic N) is 2. The summed E-state index contributed by atoms with van der Waals surface area (Å²) in [7, 11) is 0. The molecule has 126 valence electrons. The van der Waals surface area contributed by atoms with E-state index in [1.54, 1.807) is 0 Å². The van der Waals surface area contributed by atoms with E-state index < -0.39 is 11.9 Å². The Morgan fingerprint density at radius 3 is 2.60 bits per heavy atom. The van der Waals surface area contributed by atoms with Gasteiger partial charge in [-0.1, -0.05) is 17.7 Å². The number of hydrogen-bond donors (Lipinski definition) is 2. The molecule has 0 atom stereocenters. The number of carbonyl (C=O) groups is 2. The molecule has 2 heterocycles. The Morgan fingerprint density at radius 1 is 1.16 bits per heavy atom. The molecule has 0 spiro atoms. The normalized spacial score (nSPS) is 10.4. The van der Waals surface area contributed by atoms with Crippen LogP contribution in [0.2, 0.25) is 0 Å². The van der Waals surface area contributed by atoms with Gasteiger partial charge in [0.15, 0.2) is 0 Å². The van der Waals surface area contributed by atoms with Crippen molar-refractivity contribution in [2.45, 2.75) is 13.5 Å². The van der Waals surface area contributed by atoms with Crippen molar-refractivity contribution in [3.8, 4) is 11.5 Å². The lowest BCUT2D eigenvalue weighted by Crippen LogP contribution is -2.23. The molecule has 0 aliphatic carbocycles. The Kier molecular flexibility index (Phi) is 4.56. The number of amides is 1. The Bertz CT molecular complexity index is 916. The number of aryl methyl sites for hydroxylation is 1. The van der Waals surface area contributed by atoms with Crippen molar-refractivity contribution >= 4 is 11.9 Å². The third-order valence-electron chi connectivity index (χ3n) is 3.53. The van der Waals surface area contributed by atoms with Gasteiger partial charge in [0, 0.05) is 18.0 Å². The Labute approximate surface area is 143 Å². The Morgan fingerprint density at radius 2 is 1.88 bits per heavy atom. The summed E-state index contributed by atoms with van der Waals surface area (Å²) in [6.07, 6.45) is 3.97. The van der Waals surface area contributed by atoms with Gasteiger partial charge in [-0.15, -0.1) is 0 Å². The molecule has 7 nitrogen and oxygen atoms in total. The Hall–Kier alpha value is -3.48. The SMILES string of the molecule is Cc1ccc(-c2nc(CNC(=O)c3cncc(C(=O)O)c3)co2)cc1. The van der Waals surface area contributed by atoms with Crippen LogP contribution in [0.25, 0.3) is 11.5 Å². The highest BCUT2D eigenvalue weighted by molar-refractivity contribution is 5.96. The predicted octanol–water partition coefficient (Wildman–Crippen LogP) is 2.67. The highest BCUT2D eigenvalue weighted by Crippen LogP contribution is 2.19. The highest BCUT2D eigenvalue weighted by Gasteiger charge is 2.12. The van der Waals surface area contributed by atoms with Crippen molar-refractivity contribution in [1.29, 1.82) is 0 Å². The average Bonchev–Trinajstić information content (AvgIpc) is 3.09. The summed E-state index contributed by atoms with van der Waals surface area (Å²) < 4.78 is 5.43. The van der Waals surface area contributed by atoms with Gasteiger partial charge < -0.3 is 14.8 Å². The number of carboxylic acids is 1. The molecule has 1 amide bonds. The molecule has 0 aliphatic rings. The molecule has 0 saturated heterocycles. The van der Waals surface area contributed by atoms with E-state index in [0.717, 1.165) is 11.1 Å². The van der Waals surface area contributed by atoms with E-state index in [4.69, 9.17) is 9.52 Å². The molecule has 0 unspecified atom stereocenters. The molecule has 0 bridgehead atoms. The maximum atomic E-state index is 12.1. The van der Waals surface area contributed by atoms with Crippen molar-refractivity contribution in [1.82, 2.24) is 15.3 Å². The van der Waals surface area contributed by atoms with Crippen molar-refractivity contribution < 1.29 is 19.1 Å². The van der Waals surface area contributed by atoms with Gasteiger partial charge in [0.1, 0.15) is 6.26 Å². The number of carbonyl (C=O) groups excluding carboxylic acids is 1. The van der Waals surface area contributed by atoms with Gasteiger partial charge in [-0.05, 0) is 25.1 Å². The third kappa shape index (κ3) is 3.89. The number of aromatic carboxylic acids is 1. The summed E-state index contributed by atoms with van der Waals surface area (Å²) in [5.41, 5.74) is 2.67. The number of aromatic nitrogens is 2. The first-order valence-corrected chi connectivity index (χ1v) is 7.51. The topological polar surface area (TPSA) is 105 Å². The zero-order valence-electron chi connectivity index (χ0n) is 13.4. The fourth-order valence-electron chi connectivity index (χ4n) is 2.17. The minimum Gasteiger partial charge on any atom is -0.478 e. The van der Waals surface area contributed by atoms with E-state index in [9.17, 15) is 9.59 Å². The molecule has 2 aromatic heterocycles. The summed E-state index contributed by atoms with van der Waals surface area (Å²) in [6, 6.07) is 9.01. The van der Waals surface area contributed by atoms with Crippen LogP contribution < -0.4 is 5.32 Å². The third-order valence-corrected chi connectivity index (χ3v) is 3.53. The first-order valence-electron chi connectivity index (χ1n) is 7.51. The summed E-state index contributed by atoms with van der Waals surface area (Å²) >= 11 is 0. The number of oxazole rings is 1. The maximum Gasteiger partial charge on any atom is 0.337 e. The largest absolute Gasteiger partial charge is 0.478 e. The summed E-state index contributed by atoms with van der Waals surface area (Å²) in [6.45, 7) is 2.15. The quantitative estimate of drug-likeness (QED) is 0.741. The number of carboxylic acid groups (broad SMARTS) is 1. The molecule has 2 N–H and O–H groups in total. The summed E-state index contributed by atoms with van der Waals surface area (Å²) in [5.74, 6) is -1.10. The summed E-state index contributed by atoms with van der Waals surface area (Å²) in [5, 5.41) is 11.6. The standard InChI is InChI=1S/C18H15N3O4/c1-11-2-4-12(5-3-11)17-21-15(10-25-17)9-20-16(22)13-6-14(18(23)24)8-19-7-13/h2-8,10H,9H2,1H3,(H,20,22)(H,23,24). The fraction of sp³-hybridized carbons (Fsp3) is 0.111. The Balaban J connectivity index is 1.66. The second kappa shape index (κ2) is 6.96. The molecule has 7 heteroatoms. The van der Waals surface area contributed by atoms with Crippen molar-refractivity contribution in [3.63, 3.8) is 0 Å². The molecule has 0 saturated carbocycles. The number of pyridine rings is 1. The van der Waals surface area contributed by atoms with E-state index in [0.29, 0.717) is 11.6 Å². The van der Waals surface area contributed by atoms with Crippen LogP contribution in [0.3, 0.4) is 0 Å². The second-order valence-corrected chi connectivity index (χ2v) is 5.46. The van der Waals surface area contributed by atoms with E-state index >= 15 is 0 Å². The smallest absolute Gasteiger partial charge is 0.337 e. The van der Waals surface area contributed by atoms with Gasteiger partial charge in [0.2, 0.25) is 5.89 Å². The van der Waals surface area contributed by atoms with Crippen molar-refractivity contribution in [3.05, 3.63) is 71.4 Å². The van der Waals surface area contributed by atoms with Gasteiger partial charge >= 0.3 is 5.97 Å². The van der Waals surface area contributed by atoms with Crippen LogP contribution in [0.1, 0.15) is 32.0 Å². The van der Waals surface area contributed by atoms with Crippen molar-refractivity contribution in [2.24, 2.45) is 0 Å². The molecule has 0 fully saturated rings. The van der Waals surface area contributed by atoms with Gasteiger partial charge in [-0.3, -0.25) is 9.78 Å². The predicted molar refractivity (Wildman–Crippen MR) is 89.0 cm³/mol. The first kappa shape index (κ1) is 16.4. The van der Waals surface area contributed by atoms with Gasteiger partial charge in [0.05, 0.1) is 23.4 Å². The lowest BCUT2D eigenvalue weighted by Gasteiger charge is -2.03. The molecule has 0 aliphatic heterocycles. The fourth-order valence-corrected chi connectivity index (χ4v) is 2.17. The molecule has 0 radical (unpaired) electrons. The number of rotatable bonds is 5. The molecule has 25 heavy (non-hydrogen) atoms. The molecule has 1 aromatic carbocycles. The van der Waals surface area contributed by atoms with Crippen LogP contribution in [0.15, 0.2) is 53.4 Å². The van der Waals surface area contributed by atoms with E-state index in [2.05, 4.69) is 15.3 Å². The van der Waals surface area contributed by atoms with Crippen molar-refractivity contribution in [2.75, 3.05) is 0 Å². The lowest BCUT2D eigenvalue weighted by atomic mass is 10.1. The maximum absolute atomic E-state index is 12.1. The second-order valence-electron chi connectivity index (χ2n) is 5.46. The molecule has 3 aromatic rings. The molecule has 3 rings (SSSR count). The van der Waals surface area contributed by atoms with Crippen LogP contribution in [0.4, 0.5) is 0 Å². The zero-order chi connectivity index (χ0) is 17.8. The van der Waals surface area contributed by atoms with Crippen LogP contribution in [-0.4, -0.2) is 27.0 Å². The zero-order valence-corrected chi connectivity index (χ0v) is 13.4. The molecular weight excluding hydrogens is 322 g/mol. The van der Waals surface area contributed by atoms with Crippen LogP contribution in [0.5, 0.6) is 0 Å². The minimum atomic E-state index is -1.14. The molecular formula is C18H15N3O4. The van der Waals surface area contributed by atoms with Crippen LogP contribution in [0, 0.1) is 6.92 Å². The lowest BCUT2D eigenvalue weighted by molar-refractivity contribution is 0.0696. The highest BCUT2D eigenvalue weighted by atomic mass is 16.4. The minimum absolute atomic E-state index is 0.0456. The van der Waals surface area contributed by atoms with Crippen LogP contribution >= 0.6 is 0 Å². The van der Waals surface area contributed by atoms with Gasteiger partial charge in [0.25, 0.3) is 5.91 Å². The average molecular weight is 337 g/mol. The van der Waals surface area contributed by atoms with E-state index in [1.165, 1.54) is 24.7 Å². The number of hydrogen-bond acceptors (Lipinski definition) is 5. The van der Waals surface area contributed by atoms with Gasteiger partial charge in [-0.2, -0.15) is 0 Å². The number of nitrogens with one attached hydrogen (secondary N) is 1. The first-order chi connectivity index (χ1) is 12.0. The van der Waals surface area contributed by atoms with Crippen LogP contribution in [-0.2, 0) is 6.54 Å². The van der Waals surface area contributed by atoms with Gasteiger partial charge in [-0.25, -0.2) is 9.78 Å². The monoisotopic (exact) mass is 337 g/mol. The van der Waals surface area contributed by atoms with E-state index in [1.807, 2.05) is 31.2 Å². The van der Waals surface area contributed by atoms with E-state index in [-0.39, 0.29) is 17.7 Å². The number of benzene rings is 1.